The second kappa shape index (κ2) is 9.92. The van der Waals surface area contributed by atoms with Crippen LogP contribution in [0.25, 0.3) is 16.8 Å². The lowest BCUT2D eigenvalue weighted by Crippen LogP contribution is -2.44. The van der Waals surface area contributed by atoms with Crippen LogP contribution in [0.5, 0.6) is 0 Å². The molecule has 0 atom stereocenters. The number of rotatable bonds is 6. The molecule has 1 saturated heterocycles. The van der Waals surface area contributed by atoms with Gasteiger partial charge >= 0.3 is 0 Å². The summed E-state index contributed by atoms with van der Waals surface area (Å²) in [6.07, 6.45) is 6.97. The Kier molecular flexibility index (Phi) is 6.79. The maximum Gasteiger partial charge on any atom is 0.213 e. The number of allylic oxidation sites excluding steroid dienone is 1. The summed E-state index contributed by atoms with van der Waals surface area (Å²) in [7, 11) is 4.09. The molecule has 1 aliphatic heterocycles. The van der Waals surface area contributed by atoms with Crippen LogP contribution in [0.1, 0.15) is 11.1 Å². The van der Waals surface area contributed by atoms with Gasteiger partial charge in [-0.15, -0.1) is 0 Å². The molecular weight excluding hydrogens is 415 g/mol. The number of hydrogen-bond donors (Lipinski definition) is 1. The third-order valence-electron chi connectivity index (χ3n) is 6.01. The predicted molar refractivity (Wildman–Crippen MR) is 133 cm³/mol. The lowest BCUT2D eigenvalue weighted by atomic mass is 10.1. The van der Waals surface area contributed by atoms with Crippen LogP contribution in [0.4, 0.5) is 15.8 Å². The fraction of sp³-hybridized carbons (Fsp3) is 0.269. The van der Waals surface area contributed by atoms with E-state index in [2.05, 4.69) is 32.9 Å². The fourth-order valence-corrected chi connectivity index (χ4v) is 4.01. The van der Waals surface area contributed by atoms with Crippen LogP contribution in [0.2, 0.25) is 0 Å². The van der Waals surface area contributed by atoms with E-state index in [1.807, 2.05) is 49.5 Å². The lowest BCUT2D eigenvalue weighted by molar-refractivity contribution is 0.313. The number of benzene rings is 1. The molecule has 0 bridgehead atoms. The number of aromatic nitrogens is 2. The minimum atomic E-state index is -0.498. The molecule has 33 heavy (non-hydrogen) atoms. The minimum Gasteiger partial charge on any atom is -0.368 e. The maximum atomic E-state index is 13.6. The molecule has 0 saturated carbocycles. The summed E-state index contributed by atoms with van der Waals surface area (Å²) in [5.41, 5.74) is 6.19. The van der Waals surface area contributed by atoms with Crippen LogP contribution >= 0.6 is 0 Å². The Morgan fingerprint density at radius 2 is 1.88 bits per heavy atom. The lowest BCUT2D eigenvalue weighted by Gasteiger charge is -2.34. The Balaban J connectivity index is 1.62. The molecule has 0 aliphatic carbocycles. The Morgan fingerprint density at radius 1 is 1.09 bits per heavy atom. The summed E-state index contributed by atoms with van der Waals surface area (Å²) >= 11 is 0. The molecule has 6 nitrogen and oxygen atoms in total. The molecule has 1 aromatic carbocycles. The van der Waals surface area contributed by atoms with Crippen molar-refractivity contribution < 1.29 is 4.39 Å². The maximum absolute atomic E-state index is 13.6. The first kappa shape index (κ1) is 22.6. The zero-order valence-electron chi connectivity index (χ0n) is 19.3. The van der Waals surface area contributed by atoms with Gasteiger partial charge in [0.25, 0.3) is 0 Å². The summed E-state index contributed by atoms with van der Waals surface area (Å²) in [6.45, 7) is 6.00. The van der Waals surface area contributed by atoms with Crippen LogP contribution in [-0.4, -0.2) is 61.4 Å². The minimum absolute atomic E-state index is 0.498. The van der Waals surface area contributed by atoms with Crippen molar-refractivity contribution in [1.29, 1.82) is 5.41 Å². The molecular formula is C26H29FN6. The SMILES string of the molecule is Cc1ccc(-c2cccc(F)n2)cc1N(C)/C=C(\C=N)c1cncc(N2CCN(C)CC2)c1. The van der Waals surface area contributed by atoms with Gasteiger partial charge in [0.2, 0.25) is 5.95 Å². The van der Waals surface area contributed by atoms with E-state index in [1.165, 1.54) is 12.3 Å². The van der Waals surface area contributed by atoms with Gasteiger partial charge in [-0.1, -0.05) is 18.2 Å². The molecule has 4 rings (SSSR count). The summed E-state index contributed by atoms with van der Waals surface area (Å²) in [5.74, 6) is -0.498. The van der Waals surface area contributed by atoms with Crippen molar-refractivity contribution in [2.45, 2.75) is 6.92 Å². The molecule has 2 aromatic heterocycles. The molecule has 0 spiro atoms. The van der Waals surface area contributed by atoms with Crippen molar-refractivity contribution in [2.75, 3.05) is 50.1 Å². The Labute approximate surface area is 194 Å². The number of halogens is 1. The second-order valence-electron chi connectivity index (χ2n) is 8.41. The molecule has 0 radical (unpaired) electrons. The number of nitrogens with zero attached hydrogens (tertiary/aromatic N) is 5. The van der Waals surface area contributed by atoms with Crippen LogP contribution in [0, 0.1) is 18.3 Å². The van der Waals surface area contributed by atoms with Crippen LogP contribution in [0.3, 0.4) is 0 Å². The quantitative estimate of drug-likeness (QED) is 0.449. The Hall–Kier alpha value is -3.58. The first-order valence-corrected chi connectivity index (χ1v) is 11.0. The molecule has 0 amide bonds. The number of likely N-dealkylation sites (N-methyl/N-ethyl adjacent to an activating group) is 1. The second-order valence-corrected chi connectivity index (χ2v) is 8.41. The molecule has 1 aliphatic rings. The van der Waals surface area contributed by atoms with E-state index < -0.39 is 5.95 Å². The largest absolute Gasteiger partial charge is 0.368 e. The fourth-order valence-electron chi connectivity index (χ4n) is 4.01. The van der Waals surface area contributed by atoms with Crippen LogP contribution in [0.15, 0.2) is 61.1 Å². The average molecular weight is 445 g/mol. The van der Waals surface area contributed by atoms with Gasteiger partial charge in [-0.05, 0) is 43.8 Å². The summed E-state index contributed by atoms with van der Waals surface area (Å²) < 4.78 is 13.6. The topological polar surface area (TPSA) is 59.4 Å². The Bertz CT molecular complexity index is 1170. The summed E-state index contributed by atoms with van der Waals surface area (Å²) in [5, 5.41) is 8.03. The molecule has 3 heterocycles. The summed E-state index contributed by atoms with van der Waals surface area (Å²) in [4.78, 5) is 15.1. The molecule has 0 unspecified atom stereocenters. The van der Waals surface area contributed by atoms with Gasteiger partial charge < -0.3 is 20.1 Å². The van der Waals surface area contributed by atoms with Crippen LogP contribution in [-0.2, 0) is 0 Å². The van der Waals surface area contributed by atoms with Crippen molar-refractivity contribution in [3.8, 4) is 11.3 Å². The molecule has 1 fully saturated rings. The highest BCUT2D eigenvalue weighted by molar-refractivity contribution is 6.09. The highest BCUT2D eigenvalue weighted by Crippen LogP contribution is 2.28. The van der Waals surface area contributed by atoms with E-state index in [9.17, 15) is 4.39 Å². The van der Waals surface area contributed by atoms with E-state index in [1.54, 1.807) is 18.3 Å². The van der Waals surface area contributed by atoms with Crippen molar-refractivity contribution in [3.05, 3.63) is 78.1 Å². The standard InChI is InChI=1S/C26H29FN6/c1-19-7-8-20(24-5-4-6-26(27)30-24)14-25(19)32(3)18-22(15-28)21-13-23(17-29-16-21)33-11-9-31(2)10-12-33/h4-8,13-18,28H,9-12H2,1-3H3/b22-18+,28-15?. The van der Waals surface area contributed by atoms with Gasteiger partial charge in [0.1, 0.15) is 0 Å². The zero-order chi connectivity index (χ0) is 23.4. The first-order chi connectivity index (χ1) is 15.9. The number of anilines is 2. The average Bonchev–Trinajstić information content (AvgIpc) is 2.83. The van der Waals surface area contributed by atoms with E-state index in [0.717, 1.165) is 59.8 Å². The van der Waals surface area contributed by atoms with Gasteiger partial charge in [0, 0.05) is 74.2 Å². The van der Waals surface area contributed by atoms with Crippen molar-refractivity contribution in [2.24, 2.45) is 0 Å². The van der Waals surface area contributed by atoms with Gasteiger partial charge in [-0.3, -0.25) is 4.98 Å². The van der Waals surface area contributed by atoms with Gasteiger partial charge in [-0.2, -0.15) is 4.39 Å². The van der Waals surface area contributed by atoms with Crippen LogP contribution < -0.4 is 9.80 Å². The molecule has 1 N–H and O–H groups in total. The molecule has 170 valence electrons. The monoisotopic (exact) mass is 444 g/mol. The van der Waals surface area contributed by atoms with E-state index >= 15 is 0 Å². The third kappa shape index (κ3) is 5.26. The number of pyridine rings is 2. The summed E-state index contributed by atoms with van der Waals surface area (Å²) in [6, 6.07) is 12.8. The third-order valence-corrected chi connectivity index (χ3v) is 6.01. The molecule has 7 heteroatoms. The zero-order valence-corrected chi connectivity index (χ0v) is 19.3. The Morgan fingerprint density at radius 3 is 2.61 bits per heavy atom. The number of aryl methyl sites for hydroxylation is 1. The van der Waals surface area contributed by atoms with E-state index in [0.29, 0.717) is 5.69 Å². The van der Waals surface area contributed by atoms with Crippen molar-refractivity contribution in [1.82, 2.24) is 14.9 Å². The number of hydrogen-bond acceptors (Lipinski definition) is 6. The van der Waals surface area contributed by atoms with Gasteiger partial charge in [0.15, 0.2) is 0 Å². The highest BCUT2D eigenvalue weighted by atomic mass is 19.1. The van der Waals surface area contributed by atoms with E-state index in [4.69, 9.17) is 5.41 Å². The van der Waals surface area contributed by atoms with Crippen molar-refractivity contribution in [3.63, 3.8) is 0 Å². The highest BCUT2D eigenvalue weighted by Gasteiger charge is 2.16. The molecule has 3 aromatic rings. The number of piperazine rings is 1. The predicted octanol–water partition coefficient (Wildman–Crippen LogP) is 4.47. The first-order valence-electron chi connectivity index (χ1n) is 11.0. The van der Waals surface area contributed by atoms with Gasteiger partial charge in [0.05, 0.1) is 17.6 Å². The van der Waals surface area contributed by atoms with Gasteiger partial charge in [-0.25, -0.2) is 4.98 Å². The van der Waals surface area contributed by atoms with Crippen molar-refractivity contribution >= 4 is 23.2 Å². The smallest absolute Gasteiger partial charge is 0.213 e. The normalized spacial score (nSPS) is 14.9. The van der Waals surface area contributed by atoms with E-state index in [-0.39, 0.29) is 0 Å². The number of nitrogens with one attached hydrogen (secondary N) is 1.